The molecule has 0 spiro atoms. The number of anilines is 1. The van der Waals surface area contributed by atoms with Gasteiger partial charge in [0, 0.05) is 18.8 Å². The highest BCUT2D eigenvalue weighted by molar-refractivity contribution is 5.53. The number of rotatable bonds is 4. The van der Waals surface area contributed by atoms with Gasteiger partial charge in [0.05, 0.1) is 11.6 Å². The summed E-state index contributed by atoms with van der Waals surface area (Å²) in [6, 6.07) is 8.38. The molecule has 1 atom stereocenters. The first kappa shape index (κ1) is 13.9. The molecule has 1 N–H and O–H groups in total. The predicted octanol–water partition coefficient (Wildman–Crippen LogP) is 2.69. The van der Waals surface area contributed by atoms with Gasteiger partial charge in [-0.1, -0.05) is 0 Å². The lowest BCUT2D eigenvalue weighted by molar-refractivity contribution is 0.378. The molecule has 0 aliphatic carbocycles. The Kier molecular flexibility index (Phi) is 4.81. The fraction of sp³-hybridized carbons (Fsp3) is 0.562. The van der Waals surface area contributed by atoms with Crippen LogP contribution in [-0.4, -0.2) is 26.2 Å². The molecule has 19 heavy (non-hydrogen) atoms. The van der Waals surface area contributed by atoms with E-state index in [0.29, 0.717) is 0 Å². The van der Waals surface area contributed by atoms with Crippen LogP contribution in [0.2, 0.25) is 0 Å². The van der Waals surface area contributed by atoms with Crippen LogP contribution in [0.25, 0.3) is 0 Å². The van der Waals surface area contributed by atoms with E-state index in [4.69, 9.17) is 5.26 Å². The molecule has 0 aromatic heterocycles. The molecule has 1 aromatic carbocycles. The van der Waals surface area contributed by atoms with Crippen molar-refractivity contribution in [3.8, 4) is 6.07 Å². The topological polar surface area (TPSA) is 39.1 Å². The summed E-state index contributed by atoms with van der Waals surface area (Å²) in [5, 5.41) is 12.5. The Labute approximate surface area is 116 Å². The maximum Gasteiger partial charge on any atom is 0.0994 e. The number of aryl methyl sites for hydroxylation is 1. The molecule has 102 valence electrons. The zero-order valence-electron chi connectivity index (χ0n) is 11.9. The molecule has 0 amide bonds. The van der Waals surface area contributed by atoms with Gasteiger partial charge >= 0.3 is 0 Å². The summed E-state index contributed by atoms with van der Waals surface area (Å²) in [5.41, 5.74) is 3.09. The number of hydrogen-bond acceptors (Lipinski definition) is 3. The van der Waals surface area contributed by atoms with Crippen LogP contribution in [0.15, 0.2) is 18.2 Å². The molecule has 1 aliphatic heterocycles. The summed E-state index contributed by atoms with van der Waals surface area (Å²) in [6.45, 7) is 8.63. The Balaban J connectivity index is 2.08. The molecule has 1 aliphatic rings. The van der Waals surface area contributed by atoms with E-state index in [1.54, 1.807) is 0 Å². The van der Waals surface area contributed by atoms with Crippen LogP contribution in [0.4, 0.5) is 5.69 Å². The van der Waals surface area contributed by atoms with Gasteiger partial charge < -0.3 is 10.2 Å². The average molecular weight is 257 g/mol. The number of nitrogens with one attached hydrogen (secondary N) is 1. The zero-order chi connectivity index (χ0) is 13.7. The molecule has 2 rings (SSSR count). The van der Waals surface area contributed by atoms with Crippen molar-refractivity contribution in [3.05, 3.63) is 29.3 Å². The molecular weight excluding hydrogens is 234 g/mol. The molecule has 1 aromatic rings. The highest BCUT2D eigenvalue weighted by Gasteiger charge is 2.16. The number of nitriles is 1. The van der Waals surface area contributed by atoms with Gasteiger partial charge in [-0.25, -0.2) is 0 Å². The Morgan fingerprint density at radius 2 is 2.32 bits per heavy atom. The van der Waals surface area contributed by atoms with Crippen molar-refractivity contribution < 1.29 is 0 Å². The average Bonchev–Trinajstić information content (AvgIpc) is 2.46. The Morgan fingerprint density at radius 3 is 2.89 bits per heavy atom. The molecule has 1 heterocycles. The summed E-state index contributed by atoms with van der Waals surface area (Å²) in [4.78, 5) is 2.42. The van der Waals surface area contributed by atoms with Crippen LogP contribution in [0.3, 0.4) is 0 Å². The van der Waals surface area contributed by atoms with E-state index in [2.05, 4.69) is 35.3 Å². The maximum atomic E-state index is 8.99. The lowest BCUT2D eigenvalue weighted by atomic mass is 9.98. The minimum atomic E-state index is 0.740. The molecule has 3 nitrogen and oxygen atoms in total. The summed E-state index contributed by atoms with van der Waals surface area (Å²) in [7, 11) is 0. The van der Waals surface area contributed by atoms with Crippen molar-refractivity contribution in [1.29, 1.82) is 5.26 Å². The second-order valence-corrected chi connectivity index (χ2v) is 5.36. The SMILES string of the molecule is CCN(CC1CCCNC1)c1ccc(C#N)c(C)c1. The highest BCUT2D eigenvalue weighted by atomic mass is 15.1. The first-order valence-electron chi connectivity index (χ1n) is 7.21. The van der Waals surface area contributed by atoms with Crippen molar-refractivity contribution in [2.75, 3.05) is 31.1 Å². The third-order valence-corrected chi connectivity index (χ3v) is 3.95. The second kappa shape index (κ2) is 6.58. The van der Waals surface area contributed by atoms with Gasteiger partial charge in [-0.05, 0) is 69.5 Å². The molecule has 1 unspecified atom stereocenters. The molecule has 3 heteroatoms. The minimum absolute atomic E-state index is 0.740. The standard InChI is InChI=1S/C16H23N3/c1-3-19(12-14-5-4-8-18-11-14)16-7-6-15(10-17)13(2)9-16/h6-7,9,14,18H,3-5,8,11-12H2,1-2H3. The van der Waals surface area contributed by atoms with E-state index in [9.17, 15) is 0 Å². The van der Waals surface area contributed by atoms with Gasteiger partial charge in [-0.15, -0.1) is 0 Å². The first-order chi connectivity index (χ1) is 9.24. The van der Waals surface area contributed by atoms with Crippen LogP contribution in [-0.2, 0) is 0 Å². The lowest BCUT2D eigenvalue weighted by Crippen LogP contribution is -2.38. The monoisotopic (exact) mass is 257 g/mol. The molecule has 0 bridgehead atoms. The van der Waals surface area contributed by atoms with Gasteiger partial charge in [0.15, 0.2) is 0 Å². The van der Waals surface area contributed by atoms with Crippen LogP contribution >= 0.6 is 0 Å². The predicted molar refractivity (Wildman–Crippen MR) is 79.4 cm³/mol. The van der Waals surface area contributed by atoms with E-state index in [-0.39, 0.29) is 0 Å². The quantitative estimate of drug-likeness (QED) is 0.901. The van der Waals surface area contributed by atoms with Crippen molar-refractivity contribution in [3.63, 3.8) is 0 Å². The van der Waals surface area contributed by atoms with Crippen LogP contribution in [0.5, 0.6) is 0 Å². The largest absolute Gasteiger partial charge is 0.371 e. The van der Waals surface area contributed by atoms with E-state index in [1.807, 2.05) is 13.0 Å². The summed E-state index contributed by atoms with van der Waals surface area (Å²) in [6.07, 6.45) is 2.60. The van der Waals surface area contributed by atoms with Crippen molar-refractivity contribution >= 4 is 5.69 Å². The van der Waals surface area contributed by atoms with Crippen molar-refractivity contribution in [2.45, 2.75) is 26.7 Å². The van der Waals surface area contributed by atoms with Crippen LogP contribution < -0.4 is 10.2 Å². The van der Waals surface area contributed by atoms with Gasteiger partial charge in [0.25, 0.3) is 0 Å². The third-order valence-electron chi connectivity index (χ3n) is 3.95. The Bertz CT molecular complexity index is 456. The summed E-state index contributed by atoms with van der Waals surface area (Å²) >= 11 is 0. The van der Waals surface area contributed by atoms with Crippen molar-refractivity contribution in [1.82, 2.24) is 5.32 Å². The normalized spacial score (nSPS) is 18.9. The smallest absolute Gasteiger partial charge is 0.0994 e. The first-order valence-corrected chi connectivity index (χ1v) is 7.21. The summed E-state index contributed by atoms with van der Waals surface area (Å²) in [5.74, 6) is 0.740. The summed E-state index contributed by atoms with van der Waals surface area (Å²) < 4.78 is 0. The minimum Gasteiger partial charge on any atom is -0.371 e. The van der Waals surface area contributed by atoms with E-state index >= 15 is 0 Å². The van der Waals surface area contributed by atoms with Crippen molar-refractivity contribution in [2.24, 2.45) is 5.92 Å². The van der Waals surface area contributed by atoms with E-state index in [1.165, 1.54) is 25.1 Å². The number of nitrogens with zero attached hydrogens (tertiary/aromatic N) is 2. The Morgan fingerprint density at radius 1 is 1.47 bits per heavy atom. The van der Waals surface area contributed by atoms with E-state index < -0.39 is 0 Å². The fourth-order valence-corrected chi connectivity index (χ4v) is 2.78. The highest BCUT2D eigenvalue weighted by Crippen LogP contribution is 2.21. The molecule has 0 radical (unpaired) electrons. The maximum absolute atomic E-state index is 8.99. The molecule has 1 saturated heterocycles. The fourth-order valence-electron chi connectivity index (χ4n) is 2.78. The number of piperidine rings is 1. The van der Waals surface area contributed by atoms with Gasteiger partial charge in [-0.2, -0.15) is 5.26 Å². The lowest BCUT2D eigenvalue weighted by Gasteiger charge is -2.31. The van der Waals surface area contributed by atoms with Crippen LogP contribution in [0.1, 0.15) is 30.9 Å². The zero-order valence-corrected chi connectivity index (χ0v) is 11.9. The van der Waals surface area contributed by atoms with Gasteiger partial charge in [-0.3, -0.25) is 0 Å². The Hall–Kier alpha value is -1.53. The number of benzene rings is 1. The van der Waals surface area contributed by atoms with Crippen LogP contribution in [0, 0.1) is 24.2 Å². The third kappa shape index (κ3) is 3.48. The van der Waals surface area contributed by atoms with E-state index in [0.717, 1.165) is 36.7 Å². The molecule has 0 saturated carbocycles. The second-order valence-electron chi connectivity index (χ2n) is 5.36. The molecular formula is C16H23N3. The molecule has 1 fully saturated rings. The van der Waals surface area contributed by atoms with Gasteiger partial charge in [0.1, 0.15) is 0 Å². The number of hydrogen-bond donors (Lipinski definition) is 1. The van der Waals surface area contributed by atoms with Gasteiger partial charge in [0.2, 0.25) is 0 Å².